The molecule has 2 nitrogen and oxygen atoms in total. The van der Waals surface area contributed by atoms with E-state index >= 15 is 0 Å². The van der Waals surface area contributed by atoms with Crippen LogP contribution in [0.4, 0.5) is 0 Å². The Bertz CT molecular complexity index is 237. The first-order chi connectivity index (χ1) is 7.31. The molecular formula is C13H20O2. The van der Waals surface area contributed by atoms with Gasteiger partial charge in [-0.25, -0.2) is 0 Å². The van der Waals surface area contributed by atoms with Crippen molar-refractivity contribution in [2.24, 2.45) is 0 Å². The molecule has 0 aliphatic rings. The Balaban J connectivity index is 3.42. The molecule has 0 bridgehead atoms. The lowest BCUT2D eigenvalue weighted by molar-refractivity contribution is -0.142. The van der Waals surface area contributed by atoms with Crippen molar-refractivity contribution in [1.82, 2.24) is 0 Å². The van der Waals surface area contributed by atoms with Crippen molar-refractivity contribution in [1.29, 1.82) is 0 Å². The average Bonchev–Trinajstić information content (AvgIpc) is 2.23. The third-order valence-corrected chi connectivity index (χ3v) is 1.67. The summed E-state index contributed by atoms with van der Waals surface area (Å²) in [6.45, 7) is 4.46. The highest BCUT2D eigenvalue weighted by Crippen LogP contribution is 1.93. The van der Waals surface area contributed by atoms with Crippen LogP contribution in [-0.2, 0) is 9.53 Å². The number of ether oxygens (including phenoxy) is 1. The highest BCUT2D eigenvalue weighted by Gasteiger charge is 1.96. The fraction of sp³-hybridized carbons (Fsp3) is 0.462. The summed E-state index contributed by atoms with van der Waals surface area (Å²) in [5.74, 6) is -0.154. The minimum absolute atomic E-state index is 0.154. The zero-order valence-corrected chi connectivity index (χ0v) is 9.61. The van der Waals surface area contributed by atoms with E-state index in [1.54, 1.807) is 0 Å². The van der Waals surface area contributed by atoms with Crippen LogP contribution < -0.4 is 0 Å². The zero-order valence-electron chi connectivity index (χ0n) is 9.61. The van der Waals surface area contributed by atoms with Crippen LogP contribution in [0.2, 0.25) is 0 Å². The summed E-state index contributed by atoms with van der Waals surface area (Å²) < 4.78 is 5.00. The first-order valence-corrected chi connectivity index (χ1v) is 5.39. The van der Waals surface area contributed by atoms with E-state index in [0.29, 0.717) is 13.0 Å². The lowest BCUT2D eigenvalue weighted by Crippen LogP contribution is -2.03. The SMILES string of the molecule is C/C=C/C=C\CCOC(=O)C/C=C\CC. The predicted octanol–water partition coefficient (Wildman–Crippen LogP) is 3.41. The van der Waals surface area contributed by atoms with Gasteiger partial charge in [-0.3, -0.25) is 4.79 Å². The van der Waals surface area contributed by atoms with Gasteiger partial charge in [-0.1, -0.05) is 43.4 Å². The molecule has 0 aromatic carbocycles. The molecule has 0 aromatic rings. The second-order valence-corrected chi connectivity index (χ2v) is 3.05. The molecule has 0 unspecified atom stereocenters. The molecule has 0 saturated carbocycles. The number of allylic oxidation sites excluding steroid dienone is 4. The lowest BCUT2D eigenvalue weighted by atomic mass is 10.3. The smallest absolute Gasteiger partial charge is 0.309 e. The molecule has 0 amide bonds. The molecule has 0 aliphatic carbocycles. The van der Waals surface area contributed by atoms with Crippen LogP contribution in [0.15, 0.2) is 36.5 Å². The van der Waals surface area contributed by atoms with Crippen molar-refractivity contribution in [2.75, 3.05) is 6.61 Å². The maximum absolute atomic E-state index is 11.1. The van der Waals surface area contributed by atoms with Crippen LogP contribution in [0.5, 0.6) is 0 Å². The van der Waals surface area contributed by atoms with Gasteiger partial charge in [0.1, 0.15) is 0 Å². The molecule has 0 heterocycles. The minimum Gasteiger partial charge on any atom is -0.465 e. The largest absolute Gasteiger partial charge is 0.465 e. The van der Waals surface area contributed by atoms with Crippen molar-refractivity contribution < 1.29 is 9.53 Å². The average molecular weight is 208 g/mol. The summed E-state index contributed by atoms with van der Waals surface area (Å²) >= 11 is 0. The number of esters is 1. The topological polar surface area (TPSA) is 26.3 Å². The molecule has 0 radical (unpaired) electrons. The van der Waals surface area contributed by atoms with E-state index in [4.69, 9.17) is 4.74 Å². The minimum atomic E-state index is -0.154. The monoisotopic (exact) mass is 208 g/mol. The van der Waals surface area contributed by atoms with Crippen LogP contribution in [0.3, 0.4) is 0 Å². The molecule has 0 fully saturated rings. The van der Waals surface area contributed by atoms with Gasteiger partial charge in [-0.15, -0.1) is 0 Å². The molecule has 0 spiro atoms. The van der Waals surface area contributed by atoms with Gasteiger partial charge in [-0.05, 0) is 19.8 Å². The second kappa shape index (κ2) is 10.8. The zero-order chi connectivity index (χ0) is 11.4. The highest BCUT2D eigenvalue weighted by molar-refractivity contribution is 5.71. The van der Waals surface area contributed by atoms with Crippen LogP contribution >= 0.6 is 0 Å². The molecule has 0 saturated heterocycles. The lowest BCUT2D eigenvalue weighted by Gasteiger charge is -1.99. The maximum Gasteiger partial charge on any atom is 0.309 e. The first kappa shape index (κ1) is 13.7. The maximum atomic E-state index is 11.1. The molecule has 0 atom stereocenters. The quantitative estimate of drug-likeness (QED) is 0.277. The van der Waals surface area contributed by atoms with Crippen molar-refractivity contribution in [3.63, 3.8) is 0 Å². The highest BCUT2D eigenvalue weighted by atomic mass is 16.5. The molecule has 0 aliphatic heterocycles. The molecule has 0 aromatic heterocycles. The summed E-state index contributed by atoms with van der Waals surface area (Å²) in [5.41, 5.74) is 0. The van der Waals surface area contributed by atoms with E-state index in [-0.39, 0.29) is 5.97 Å². The van der Waals surface area contributed by atoms with E-state index in [0.717, 1.165) is 12.8 Å². The molecule has 2 heteroatoms. The van der Waals surface area contributed by atoms with Crippen molar-refractivity contribution >= 4 is 5.97 Å². The van der Waals surface area contributed by atoms with Gasteiger partial charge in [0, 0.05) is 0 Å². The van der Waals surface area contributed by atoms with Gasteiger partial charge in [0.25, 0.3) is 0 Å². The summed E-state index contributed by atoms with van der Waals surface area (Å²) in [6.07, 6.45) is 13.8. The Kier molecular flexibility index (Phi) is 9.83. The van der Waals surface area contributed by atoms with E-state index in [1.165, 1.54) is 0 Å². The van der Waals surface area contributed by atoms with Crippen LogP contribution in [0, 0.1) is 0 Å². The fourth-order valence-electron chi connectivity index (χ4n) is 0.932. The second-order valence-electron chi connectivity index (χ2n) is 3.05. The van der Waals surface area contributed by atoms with Crippen molar-refractivity contribution in [2.45, 2.75) is 33.1 Å². The van der Waals surface area contributed by atoms with Crippen LogP contribution in [-0.4, -0.2) is 12.6 Å². The first-order valence-electron chi connectivity index (χ1n) is 5.39. The molecule has 15 heavy (non-hydrogen) atoms. The van der Waals surface area contributed by atoms with Crippen molar-refractivity contribution in [3.8, 4) is 0 Å². The normalized spacial score (nSPS) is 11.9. The third kappa shape index (κ3) is 10.6. The summed E-state index contributed by atoms with van der Waals surface area (Å²) in [6, 6.07) is 0. The van der Waals surface area contributed by atoms with Crippen LogP contribution in [0.25, 0.3) is 0 Å². The molecule has 0 N–H and O–H groups in total. The number of rotatable bonds is 7. The van der Waals surface area contributed by atoms with Gasteiger partial charge < -0.3 is 4.74 Å². The summed E-state index contributed by atoms with van der Waals surface area (Å²) in [4.78, 5) is 11.1. The molecular weight excluding hydrogens is 188 g/mol. The van der Waals surface area contributed by atoms with Gasteiger partial charge in [-0.2, -0.15) is 0 Å². The summed E-state index contributed by atoms with van der Waals surface area (Å²) in [7, 11) is 0. The van der Waals surface area contributed by atoms with Gasteiger partial charge in [0.2, 0.25) is 0 Å². The Morgan fingerprint density at radius 2 is 2.00 bits per heavy atom. The number of hydrogen-bond acceptors (Lipinski definition) is 2. The van der Waals surface area contributed by atoms with E-state index < -0.39 is 0 Å². The van der Waals surface area contributed by atoms with Gasteiger partial charge in [0.15, 0.2) is 0 Å². The van der Waals surface area contributed by atoms with E-state index in [1.807, 2.05) is 50.3 Å². The van der Waals surface area contributed by atoms with Gasteiger partial charge >= 0.3 is 5.97 Å². The predicted molar refractivity (Wildman–Crippen MR) is 63.6 cm³/mol. The number of hydrogen-bond donors (Lipinski definition) is 0. The number of carbonyl (C=O) groups excluding carboxylic acids is 1. The van der Waals surface area contributed by atoms with Crippen molar-refractivity contribution in [3.05, 3.63) is 36.5 Å². The Morgan fingerprint density at radius 1 is 1.20 bits per heavy atom. The summed E-state index contributed by atoms with van der Waals surface area (Å²) in [5, 5.41) is 0. The fourth-order valence-corrected chi connectivity index (χ4v) is 0.932. The van der Waals surface area contributed by atoms with Crippen LogP contribution in [0.1, 0.15) is 33.1 Å². The Hall–Kier alpha value is -1.31. The molecule has 0 rings (SSSR count). The van der Waals surface area contributed by atoms with Gasteiger partial charge in [0.05, 0.1) is 13.0 Å². The number of carbonyl (C=O) groups is 1. The standard InChI is InChI=1S/C13H20O2/c1-3-5-7-8-10-12-15-13(14)11-9-6-4-2/h3,5-9H,4,10-12H2,1-2H3/b5-3+,8-7-,9-6-. The Labute approximate surface area is 92.3 Å². The molecule has 84 valence electrons. The van der Waals surface area contributed by atoms with E-state index in [2.05, 4.69) is 0 Å². The van der Waals surface area contributed by atoms with E-state index in [9.17, 15) is 4.79 Å². The Morgan fingerprint density at radius 3 is 2.67 bits per heavy atom. The third-order valence-electron chi connectivity index (χ3n) is 1.67.